The van der Waals surface area contributed by atoms with Gasteiger partial charge in [-0.2, -0.15) is 5.10 Å². The first-order valence-electron chi connectivity index (χ1n) is 6.52. The lowest BCUT2D eigenvalue weighted by Gasteiger charge is -2.32. The van der Waals surface area contributed by atoms with Gasteiger partial charge in [0.05, 0.1) is 24.8 Å². The lowest BCUT2D eigenvalue weighted by Crippen LogP contribution is -2.41. The standard InChI is InChI=1S/C13H17N5O/c1-10-5-16-18(7-10)11-3-2-4-17(8-11)13(19)12-6-14-9-15-12/h5-7,9,11H,2-4,8H2,1H3,(H,14,15)/t11-/m1/s1. The van der Waals surface area contributed by atoms with Crippen molar-refractivity contribution >= 4 is 5.91 Å². The number of aromatic nitrogens is 4. The Kier molecular flexibility index (Phi) is 3.06. The summed E-state index contributed by atoms with van der Waals surface area (Å²) < 4.78 is 1.97. The number of imidazole rings is 1. The predicted molar refractivity (Wildman–Crippen MR) is 69.7 cm³/mol. The molecular weight excluding hydrogens is 242 g/mol. The average molecular weight is 259 g/mol. The van der Waals surface area contributed by atoms with Gasteiger partial charge in [-0.15, -0.1) is 0 Å². The van der Waals surface area contributed by atoms with Crippen molar-refractivity contribution in [3.63, 3.8) is 0 Å². The highest BCUT2D eigenvalue weighted by Gasteiger charge is 2.26. The van der Waals surface area contributed by atoms with E-state index >= 15 is 0 Å². The minimum absolute atomic E-state index is 0.0195. The van der Waals surface area contributed by atoms with Crippen LogP contribution in [0.15, 0.2) is 24.9 Å². The van der Waals surface area contributed by atoms with Gasteiger partial charge in [0.1, 0.15) is 5.69 Å². The molecule has 0 spiro atoms. The van der Waals surface area contributed by atoms with E-state index in [2.05, 4.69) is 15.1 Å². The highest BCUT2D eigenvalue weighted by Crippen LogP contribution is 2.22. The minimum Gasteiger partial charge on any atom is -0.341 e. The van der Waals surface area contributed by atoms with E-state index in [4.69, 9.17) is 0 Å². The molecule has 1 amide bonds. The third-order valence-corrected chi connectivity index (χ3v) is 3.52. The number of aryl methyl sites for hydroxylation is 1. The van der Waals surface area contributed by atoms with Crippen LogP contribution in [-0.4, -0.2) is 43.6 Å². The van der Waals surface area contributed by atoms with Crippen molar-refractivity contribution in [2.24, 2.45) is 0 Å². The van der Waals surface area contributed by atoms with Crippen molar-refractivity contribution < 1.29 is 4.79 Å². The zero-order valence-electron chi connectivity index (χ0n) is 10.9. The number of H-pyrrole nitrogens is 1. The van der Waals surface area contributed by atoms with Gasteiger partial charge >= 0.3 is 0 Å². The van der Waals surface area contributed by atoms with Crippen LogP contribution in [-0.2, 0) is 0 Å². The lowest BCUT2D eigenvalue weighted by molar-refractivity contribution is 0.0667. The van der Waals surface area contributed by atoms with Gasteiger partial charge in [-0.3, -0.25) is 9.48 Å². The number of hydrogen-bond donors (Lipinski definition) is 1. The summed E-state index contributed by atoms with van der Waals surface area (Å²) in [5.41, 5.74) is 1.70. The molecule has 1 aliphatic rings. The molecule has 2 aromatic heterocycles. The maximum atomic E-state index is 12.3. The molecule has 0 aliphatic carbocycles. The molecule has 0 radical (unpaired) electrons. The fourth-order valence-electron chi connectivity index (χ4n) is 2.53. The van der Waals surface area contributed by atoms with Crippen LogP contribution in [0.3, 0.4) is 0 Å². The zero-order chi connectivity index (χ0) is 13.2. The Morgan fingerprint density at radius 2 is 2.37 bits per heavy atom. The molecule has 1 N–H and O–H groups in total. The second-order valence-corrected chi connectivity index (χ2v) is 5.01. The molecule has 1 saturated heterocycles. The zero-order valence-corrected chi connectivity index (χ0v) is 10.9. The fraction of sp³-hybridized carbons (Fsp3) is 0.462. The number of carbonyl (C=O) groups is 1. The number of amides is 1. The monoisotopic (exact) mass is 259 g/mol. The molecule has 1 fully saturated rings. The second-order valence-electron chi connectivity index (χ2n) is 5.01. The SMILES string of the molecule is Cc1cnn([C@@H]2CCCN(C(=O)c3cnc[nH]3)C2)c1. The molecule has 0 unspecified atom stereocenters. The Morgan fingerprint density at radius 1 is 1.47 bits per heavy atom. The summed E-state index contributed by atoms with van der Waals surface area (Å²) >= 11 is 0. The average Bonchev–Trinajstić information content (AvgIpc) is 3.09. The molecular formula is C13H17N5O. The Morgan fingerprint density at radius 3 is 3.05 bits per heavy atom. The van der Waals surface area contributed by atoms with Crippen LogP contribution in [0, 0.1) is 6.92 Å². The van der Waals surface area contributed by atoms with Crippen LogP contribution in [0.2, 0.25) is 0 Å². The molecule has 1 atom stereocenters. The molecule has 0 aromatic carbocycles. The quantitative estimate of drug-likeness (QED) is 0.886. The molecule has 0 bridgehead atoms. The van der Waals surface area contributed by atoms with E-state index in [9.17, 15) is 4.79 Å². The summed E-state index contributed by atoms with van der Waals surface area (Å²) in [6.45, 7) is 3.54. The number of nitrogens with zero attached hydrogens (tertiary/aromatic N) is 4. The van der Waals surface area contributed by atoms with E-state index in [1.807, 2.05) is 28.9 Å². The molecule has 6 nitrogen and oxygen atoms in total. The summed E-state index contributed by atoms with van der Waals surface area (Å²) in [4.78, 5) is 20.9. The fourth-order valence-corrected chi connectivity index (χ4v) is 2.53. The van der Waals surface area contributed by atoms with E-state index in [-0.39, 0.29) is 11.9 Å². The van der Waals surface area contributed by atoms with Crippen LogP contribution < -0.4 is 0 Å². The molecule has 3 heterocycles. The van der Waals surface area contributed by atoms with Gasteiger partial charge in [0.15, 0.2) is 0 Å². The van der Waals surface area contributed by atoms with Crippen molar-refractivity contribution in [3.05, 3.63) is 36.2 Å². The van der Waals surface area contributed by atoms with E-state index < -0.39 is 0 Å². The summed E-state index contributed by atoms with van der Waals surface area (Å²) in [5.74, 6) is 0.0195. The van der Waals surface area contributed by atoms with Gasteiger partial charge in [-0.25, -0.2) is 4.98 Å². The van der Waals surface area contributed by atoms with E-state index in [1.54, 1.807) is 6.20 Å². The third kappa shape index (κ3) is 2.38. The Labute approximate surface area is 111 Å². The summed E-state index contributed by atoms with van der Waals surface area (Å²) in [5, 5.41) is 4.35. The van der Waals surface area contributed by atoms with Crippen LogP contribution in [0.4, 0.5) is 0 Å². The van der Waals surface area contributed by atoms with Gasteiger partial charge in [0.2, 0.25) is 0 Å². The van der Waals surface area contributed by atoms with Crippen molar-refractivity contribution in [1.29, 1.82) is 0 Å². The largest absolute Gasteiger partial charge is 0.341 e. The minimum atomic E-state index is 0.0195. The molecule has 2 aromatic rings. The lowest BCUT2D eigenvalue weighted by atomic mass is 10.1. The van der Waals surface area contributed by atoms with Gasteiger partial charge in [0.25, 0.3) is 5.91 Å². The number of aromatic amines is 1. The highest BCUT2D eigenvalue weighted by molar-refractivity contribution is 5.92. The maximum Gasteiger partial charge on any atom is 0.271 e. The first-order chi connectivity index (χ1) is 9.24. The van der Waals surface area contributed by atoms with Crippen molar-refractivity contribution in [2.45, 2.75) is 25.8 Å². The van der Waals surface area contributed by atoms with Gasteiger partial charge < -0.3 is 9.88 Å². The van der Waals surface area contributed by atoms with Crippen molar-refractivity contribution in [2.75, 3.05) is 13.1 Å². The van der Waals surface area contributed by atoms with Gasteiger partial charge in [-0.05, 0) is 25.3 Å². The molecule has 19 heavy (non-hydrogen) atoms. The third-order valence-electron chi connectivity index (χ3n) is 3.52. The number of carbonyl (C=O) groups excluding carboxylic acids is 1. The molecule has 6 heteroatoms. The Balaban J connectivity index is 1.73. The Hall–Kier alpha value is -2.11. The van der Waals surface area contributed by atoms with Gasteiger partial charge in [-0.1, -0.05) is 0 Å². The number of piperidine rings is 1. The Bertz CT molecular complexity index is 559. The van der Waals surface area contributed by atoms with Crippen LogP contribution in [0.1, 0.15) is 34.9 Å². The topological polar surface area (TPSA) is 66.8 Å². The van der Waals surface area contributed by atoms with Crippen LogP contribution in [0.25, 0.3) is 0 Å². The van der Waals surface area contributed by atoms with Crippen molar-refractivity contribution in [1.82, 2.24) is 24.6 Å². The second kappa shape index (κ2) is 4.87. The predicted octanol–water partition coefficient (Wildman–Crippen LogP) is 1.39. The van der Waals surface area contributed by atoms with E-state index in [0.29, 0.717) is 12.2 Å². The summed E-state index contributed by atoms with van der Waals surface area (Å²) in [6, 6.07) is 0.273. The van der Waals surface area contributed by atoms with E-state index in [0.717, 1.165) is 24.9 Å². The maximum absolute atomic E-state index is 12.3. The van der Waals surface area contributed by atoms with Crippen molar-refractivity contribution in [3.8, 4) is 0 Å². The normalized spacial score (nSPS) is 19.6. The number of hydrogen-bond acceptors (Lipinski definition) is 3. The summed E-state index contributed by atoms with van der Waals surface area (Å²) in [7, 11) is 0. The number of rotatable bonds is 2. The number of likely N-dealkylation sites (tertiary alicyclic amines) is 1. The smallest absolute Gasteiger partial charge is 0.271 e. The first kappa shape index (κ1) is 12.0. The van der Waals surface area contributed by atoms with E-state index in [1.165, 1.54) is 6.33 Å². The highest BCUT2D eigenvalue weighted by atomic mass is 16.2. The van der Waals surface area contributed by atoms with Gasteiger partial charge in [0, 0.05) is 19.3 Å². The van der Waals surface area contributed by atoms with Crippen LogP contribution in [0.5, 0.6) is 0 Å². The molecule has 0 saturated carbocycles. The summed E-state index contributed by atoms with van der Waals surface area (Å²) in [6.07, 6.45) is 9.07. The molecule has 1 aliphatic heterocycles. The molecule has 3 rings (SSSR count). The number of nitrogens with one attached hydrogen (secondary N) is 1. The van der Waals surface area contributed by atoms with Crippen LogP contribution >= 0.6 is 0 Å². The molecule has 100 valence electrons. The first-order valence-corrected chi connectivity index (χ1v) is 6.52.